The summed E-state index contributed by atoms with van der Waals surface area (Å²) in [6.07, 6.45) is 1.82. The van der Waals surface area contributed by atoms with Crippen molar-refractivity contribution in [2.24, 2.45) is 0 Å². The molecule has 0 N–H and O–H groups in total. The summed E-state index contributed by atoms with van der Waals surface area (Å²) in [5.74, 6) is 1.20. The van der Waals surface area contributed by atoms with Crippen molar-refractivity contribution in [1.29, 1.82) is 5.26 Å². The van der Waals surface area contributed by atoms with Gasteiger partial charge in [-0.2, -0.15) is 5.26 Å². The molecule has 0 heterocycles. The van der Waals surface area contributed by atoms with Crippen molar-refractivity contribution in [3.05, 3.63) is 92.9 Å². The lowest BCUT2D eigenvalue weighted by Gasteiger charge is -2.12. The number of ether oxygens (including phenoxy) is 2. The molecule has 0 amide bonds. The van der Waals surface area contributed by atoms with Crippen molar-refractivity contribution >= 4 is 39.2 Å². The fourth-order valence-electron chi connectivity index (χ4n) is 2.64. The molecule has 0 saturated carbocycles. The minimum atomic E-state index is 0.341. The highest BCUT2D eigenvalue weighted by atomic mass is 79.9. The first-order chi connectivity index (χ1) is 13.6. The molecule has 0 saturated heterocycles. The number of hydrogen-bond acceptors (Lipinski definition) is 3. The second kappa shape index (κ2) is 9.45. The van der Waals surface area contributed by atoms with Crippen LogP contribution in [0.5, 0.6) is 11.5 Å². The molecule has 0 atom stereocenters. The van der Waals surface area contributed by atoms with Gasteiger partial charge in [0.25, 0.3) is 0 Å². The molecule has 5 heteroatoms. The van der Waals surface area contributed by atoms with Gasteiger partial charge in [-0.25, -0.2) is 0 Å². The molecular formula is C23H17BrClNO2. The molecule has 28 heavy (non-hydrogen) atoms. The van der Waals surface area contributed by atoms with Gasteiger partial charge in [0.15, 0.2) is 11.5 Å². The van der Waals surface area contributed by atoms with Crippen LogP contribution in [0.25, 0.3) is 11.6 Å². The Kier molecular flexibility index (Phi) is 6.76. The summed E-state index contributed by atoms with van der Waals surface area (Å²) in [5, 5.41) is 10.2. The lowest BCUT2D eigenvalue weighted by Crippen LogP contribution is -1.98. The molecule has 3 aromatic rings. The van der Waals surface area contributed by atoms with Crippen molar-refractivity contribution in [2.45, 2.75) is 6.61 Å². The third-order valence-corrected chi connectivity index (χ3v) is 5.01. The van der Waals surface area contributed by atoms with Crippen LogP contribution in [0.15, 0.2) is 71.2 Å². The number of nitrogens with zero attached hydrogens (tertiary/aromatic N) is 1. The van der Waals surface area contributed by atoms with Crippen LogP contribution in [0.2, 0.25) is 5.02 Å². The monoisotopic (exact) mass is 453 g/mol. The highest BCUT2D eigenvalue weighted by Gasteiger charge is 2.08. The van der Waals surface area contributed by atoms with Crippen molar-refractivity contribution in [2.75, 3.05) is 7.11 Å². The van der Waals surface area contributed by atoms with E-state index in [4.69, 9.17) is 21.1 Å². The number of nitriles is 1. The van der Waals surface area contributed by atoms with E-state index < -0.39 is 0 Å². The largest absolute Gasteiger partial charge is 0.493 e. The Balaban J connectivity index is 1.83. The standard InChI is InChI=1S/C23H17BrClNO2/c1-27-23-13-16(12-19(14-26)17-7-9-20(24)10-8-17)6-11-22(23)28-15-18-4-2-3-5-21(18)25/h2-13H,15H2,1H3/b19-12-. The maximum atomic E-state index is 9.53. The highest BCUT2D eigenvalue weighted by Crippen LogP contribution is 2.31. The Morgan fingerprint density at radius 3 is 2.50 bits per heavy atom. The third-order valence-electron chi connectivity index (χ3n) is 4.12. The lowest BCUT2D eigenvalue weighted by atomic mass is 10.0. The van der Waals surface area contributed by atoms with E-state index in [0.717, 1.165) is 21.2 Å². The fourth-order valence-corrected chi connectivity index (χ4v) is 3.10. The number of rotatable bonds is 6. The molecule has 3 rings (SSSR count). The van der Waals surface area contributed by atoms with Crippen molar-refractivity contribution in [1.82, 2.24) is 0 Å². The van der Waals surface area contributed by atoms with Crippen LogP contribution in [0.3, 0.4) is 0 Å². The van der Waals surface area contributed by atoms with E-state index in [1.165, 1.54) is 0 Å². The van der Waals surface area contributed by atoms with Gasteiger partial charge in [0.1, 0.15) is 6.61 Å². The van der Waals surface area contributed by atoms with Crippen LogP contribution in [0, 0.1) is 11.3 Å². The molecule has 0 aromatic heterocycles. The molecule has 0 aliphatic carbocycles. The smallest absolute Gasteiger partial charge is 0.161 e. The Hall–Kier alpha value is -2.74. The minimum absolute atomic E-state index is 0.341. The van der Waals surface area contributed by atoms with E-state index in [-0.39, 0.29) is 0 Å². The molecule has 0 unspecified atom stereocenters. The van der Waals surface area contributed by atoms with Gasteiger partial charge >= 0.3 is 0 Å². The second-order valence-electron chi connectivity index (χ2n) is 5.97. The number of hydrogen-bond donors (Lipinski definition) is 0. The van der Waals surface area contributed by atoms with E-state index in [1.54, 1.807) is 7.11 Å². The first-order valence-electron chi connectivity index (χ1n) is 8.52. The SMILES string of the molecule is COc1cc(/C=C(/C#N)c2ccc(Br)cc2)ccc1OCc1ccccc1Cl. The Morgan fingerprint density at radius 1 is 1.07 bits per heavy atom. The maximum Gasteiger partial charge on any atom is 0.161 e. The number of methoxy groups -OCH3 is 1. The molecule has 140 valence electrons. The Morgan fingerprint density at radius 2 is 1.82 bits per heavy atom. The summed E-state index contributed by atoms with van der Waals surface area (Å²) >= 11 is 9.58. The van der Waals surface area contributed by atoms with E-state index in [1.807, 2.05) is 72.8 Å². The zero-order valence-electron chi connectivity index (χ0n) is 15.2. The van der Waals surface area contributed by atoms with Crippen LogP contribution in [-0.2, 0) is 6.61 Å². The van der Waals surface area contributed by atoms with Gasteiger partial charge in [-0.05, 0) is 47.5 Å². The Labute approximate surface area is 177 Å². The molecule has 0 aliphatic rings. The van der Waals surface area contributed by atoms with Gasteiger partial charge in [-0.3, -0.25) is 0 Å². The molecule has 0 aliphatic heterocycles. The van der Waals surface area contributed by atoms with Gasteiger partial charge in [0, 0.05) is 15.1 Å². The summed E-state index contributed by atoms with van der Waals surface area (Å²) in [7, 11) is 1.59. The van der Waals surface area contributed by atoms with Crippen LogP contribution in [-0.4, -0.2) is 7.11 Å². The maximum absolute atomic E-state index is 9.53. The van der Waals surface area contributed by atoms with E-state index in [0.29, 0.717) is 28.7 Å². The van der Waals surface area contributed by atoms with Crippen LogP contribution < -0.4 is 9.47 Å². The van der Waals surface area contributed by atoms with E-state index >= 15 is 0 Å². The zero-order chi connectivity index (χ0) is 19.9. The normalized spacial score (nSPS) is 11.0. The molecule has 3 aromatic carbocycles. The third kappa shape index (κ3) is 4.95. The molecule has 0 bridgehead atoms. The number of allylic oxidation sites excluding steroid dienone is 1. The molecule has 0 spiro atoms. The van der Waals surface area contributed by atoms with Gasteiger partial charge in [-0.15, -0.1) is 0 Å². The summed E-state index contributed by atoms with van der Waals surface area (Å²) in [6.45, 7) is 0.341. The highest BCUT2D eigenvalue weighted by molar-refractivity contribution is 9.10. The quantitative estimate of drug-likeness (QED) is 0.305. The Bertz CT molecular complexity index is 1040. The van der Waals surface area contributed by atoms with Crippen molar-refractivity contribution < 1.29 is 9.47 Å². The van der Waals surface area contributed by atoms with Crippen molar-refractivity contribution in [3.8, 4) is 17.6 Å². The molecular weight excluding hydrogens is 438 g/mol. The summed E-state index contributed by atoms with van der Waals surface area (Å²) in [4.78, 5) is 0. The fraction of sp³-hybridized carbons (Fsp3) is 0.0870. The number of benzene rings is 3. The van der Waals surface area contributed by atoms with Gasteiger partial charge in [0.2, 0.25) is 0 Å². The molecule has 0 radical (unpaired) electrons. The second-order valence-corrected chi connectivity index (χ2v) is 7.29. The van der Waals surface area contributed by atoms with Crippen molar-refractivity contribution in [3.63, 3.8) is 0 Å². The summed E-state index contributed by atoms with van der Waals surface area (Å²) < 4.78 is 12.3. The summed E-state index contributed by atoms with van der Waals surface area (Å²) in [5.41, 5.74) is 3.17. The van der Waals surface area contributed by atoms with E-state index in [2.05, 4.69) is 22.0 Å². The van der Waals surface area contributed by atoms with Gasteiger partial charge in [0.05, 0.1) is 18.8 Å². The lowest BCUT2D eigenvalue weighted by molar-refractivity contribution is 0.284. The average Bonchev–Trinajstić information content (AvgIpc) is 2.72. The predicted molar refractivity (Wildman–Crippen MR) is 116 cm³/mol. The minimum Gasteiger partial charge on any atom is -0.493 e. The topological polar surface area (TPSA) is 42.2 Å². The zero-order valence-corrected chi connectivity index (χ0v) is 17.5. The number of halogens is 2. The van der Waals surface area contributed by atoms with E-state index in [9.17, 15) is 5.26 Å². The average molecular weight is 455 g/mol. The first kappa shape index (κ1) is 20.0. The van der Waals surface area contributed by atoms with Crippen LogP contribution >= 0.6 is 27.5 Å². The molecule has 3 nitrogen and oxygen atoms in total. The first-order valence-corrected chi connectivity index (χ1v) is 9.70. The summed E-state index contributed by atoms with van der Waals surface area (Å²) in [6, 6.07) is 23.0. The predicted octanol–water partition coefficient (Wildman–Crippen LogP) is 6.75. The van der Waals surface area contributed by atoms with Gasteiger partial charge in [-0.1, -0.05) is 63.9 Å². The van der Waals surface area contributed by atoms with Crippen LogP contribution in [0.1, 0.15) is 16.7 Å². The molecule has 0 fully saturated rings. The van der Waals surface area contributed by atoms with Gasteiger partial charge < -0.3 is 9.47 Å². The van der Waals surface area contributed by atoms with Crippen LogP contribution in [0.4, 0.5) is 0 Å².